The summed E-state index contributed by atoms with van der Waals surface area (Å²) in [4.78, 5) is 78.8. The quantitative estimate of drug-likeness (QED) is 0.0298. The van der Waals surface area contributed by atoms with Crippen molar-refractivity contribution in [2.45, 2.75) is 108 Å². The van der Waals surface area contributed by atoms with E-state index in [0.717, 1.165) is 0 Å². The molecule has 0 aromatic heterocycles. The molecular formula is C57H67AgBrF3N2O19S-. The Labute approximate surface area is 506 Å². The molecule has 4 unspecified atom stereocenters. The molecule has 3 N–H and O–H groups in total. The van der Waals surface area contributed by atoms with Crippen molar-refractivity contribution < 1.29 is 123 Å². The van der Waals surface area contributed by atoms with Crippen LogP contribution < -0.4 is 10.6 Å². The third-order valence-corrected chi connectivity index (χ3v) is 15.0. The monoisotopic (exact) mass is 1360 g/mol. The number of hydrogen-bond acceptors (Lipinski definition) is 20. The zero-order valence-electron chi connectivity index (χ0n) is 46.9. The SMILES string of the molecule is CC(=O)OC1[C@@H](C)[C@H](C)C(C)O[C@@H]1Br.CC(=O)OC1[C@H](OCCNC(=O)OCC2c3ccccc3-c3ccccc32)OC(C)[C@@H](C)[C@@H]1C.O=C(NCCO)OCC1c2ccccc2-c2ccccc21.O=C=O.O=C=O.O=[S-](=O)C(F)(F)F.[O]=[Ag]. The number of benzene rings is 4. The van der Waals surface area contributed by atoms with Crippen LogP contribution in [0.3, 0.4) is 0 Å². The number of carbonyl (C=O) groups is 4. The van der Waals surface area contributed by atoms with Crippen LogP contribution in [0.5, 0.6) is 0 Å². The first-order valence-corrected chi connectivity index (χ1v) is 28.4. The van der Waals surface area contributed by atoms with Crippen molar-refractivity contribution in [1.82, 2.24) is 10.6 Å². The van der Waals surface area contributed by atoms with E-state index >= 15 is 0 Å². The van der Waals surface area contributed by atoms with Crippen molar-refractivity contribution in [3.8, 4) is 22.3 Å². The zero-order valence-corrected chi connectivity index (χ0v) is 50.8. The van der Waals surface area contributed by atoms with Crippen LogP contribution in [0.25, 0.3) is 22.3 Å². The number of carbonyl (C=O) groups excluding carboxylic acids is 8. The van der Waals surface area contributed by atoms with Gasteiger partial charge in [-0.15, -0.1) is 0 Å². The van der Waals surface area contributed by atoms with Crippen LogP contribution in [-0.4, -0.2) is 122 Å². The number of amides is 2. The number of alkyl halides is 4. The molecule has 0 bridgehead atoms. The number of hydrogen-bond donors (Lipinski definition) is 3. The van der Waals surface area contributed by atoms with E-state index < -0.39 is 40.8 Å². The van der Waals surface area contributed by atoms with E-state index in [-0.39, 0.29) is 104 Å². The number of nitrogens with one attached hydrogen (secondary N) is 2. The van der Waals surface area contributed by atoms with Gasteiger partial charge >= 0.3 is 66.2 Å². The summed E-state index contributed by atoms with van der Waals surface area (Å²) in [6, 6.07) is 32.8. The number of halogens is 4. The van der Waals surface area contributed by atoms with Gasteiger partial charge in [-0.3, -0.25) is 9.59 Å². The third-order valence-electron chi connectivity index (χ3n) is 13.9. The third kappa shape index (κ3) is 22.6. The summed E-state index contributed by atoms with van der Waals surface area (Å²) in [6.45, 7) is 16.3. The number of aliphatic hydroxyl groups excluding tert-OH is 1. The van der Waals surface area contributed by atoms with Gasteiger partial charge in [0.25, 0.3) is 0 Å². The van der Waals surface area contributed by atoms with E-state index in [0.29, 0.717) is 18.4 Å². The molecule has 0 spiro atoms. The van der Waals surface area contributed by atoms with Gasteiger partial charge in [-0.2, -0.15) is 32.3 Å². The molecule has 4 aliphatic rings. The maximum atomic E-state index is 12.3. The molecule has 21 nitrogen and oxygen atoms in total. The zero-order chi connectivity index (χ0) is 63.3. The molecule has 10 atom stereocenters. The van der Waals surface area contributed by atoms with Crippen LogP contribution in [0.1, 0.15) is 89.5 Å². The van der Waals surface area contributed by atoms with Gasteiger partial charge in [-0.1, -0.05) is 141 Å². The molecule has 0 radical (unpaired) electrons. The fraction of sp³-hybridized carbons (Fsp3) is 0.474. The summed E-state index contributed by atoms with van der Waals surface area (Å²) in [6.07, 6.45) is -1.66. The molecule has 2 aliphatic carbocycles. The van der Waals surface area contributed by atoms with Gasteiger partial charge in [0.1, 0.15) is 24.3 Å². The first-order valence-electron chi connectivity index (χ1n) is 25.8. The first kappa shape index (κ1) is 73.8. The number of ether oxygens (including phenoxy) is 7. The minimum atomic E-state index is -5.08. The molecule has 84 heavy (non-hydrogen) atoms. The molecule has 27 heteroatoms. The van der Waals surface area contributed by atoms with Crippen molar-refractivity contribution in [2.24, 2.45) is 23.7 Å². The molecule has 0 saturated carbocycles. The van der Waals surface area contributed by atoms with E-state index in [1.165, 1.54) is 58.4 Å². The Hall–Kier alpha value is -6.28. The molecule has 2 fully saturated rings. The van der Waals surface area contributed by atoms with E-state index in [4.69, 9.17) is 69.1 Å². The van der Waals surface area contributed by atoms with E-state index in [1.54, 1.807) is 21.0 Å². The molecule has 8 rings (SSSR count). The first-order chi connectivity index (χ1) is 39.9. The standard InChI is InChI=1S/C27H33NO6.C17H17NO3.C10H17BrO3.CF3O2S.2CO2.Ag.O/c1-16-17(2)25(34-19(4)29)26(33-18(16)3)31-14-13-28-27(30)32-15-24-22-11-7-5-9-20(22)21-10-6-8-12-23(21)24;19-10-9-18-17(20)21-11-16-14-7-3-1-5-12(14)13-6-2-4-8-15(13)16;1-5-6(2)9(14-8(4)12)10(11)13-7(5)3;2-1(3,4)7(5)6;2*2-1-3;;/h5-12,16-18,24-26H,13-15H2,1-4H3,(H,28,30);1-8,16,19H,9-11H2,(H,18,20);5-7,9-10H,1-4H3;;;;;/q;;;-1;;;;/t16-,17-,18?,25?,26+;;5-,6-,7?,9?,10-;;;;;/m0.0...../s1. The van der Waals surface area contributed by atoms with Gasteiger partial charge in [0, 0.05) is 61.3 Å². The van der Waals surface area contributed by atoms with Gasteiger partial charge < -0.3 is 57.3 Å². The van der Waals surface area contributed by atoms with E-state index in [1.807, 2.05) is 69.3 Å². The van der Waals surface area contributed by atoms with Crippen molar-refractivity contribution in [1.29, 1.82) is 0 Å². The van der Waals surface area contributed by atoms with E-state index in [9.17, 15) is 32.3 Å². The molecular weight excluding hydrogens is 1290 g/mol. The van der Waals surface area contributed by atoms with Gasteiger partial charge in [0.15, 0.2) is 12.4 Å². The summed E-state index contributed by atoms with van der Waals surface area (Å²) in [5.41, 5.74) is 4.42. The fourth-order valence-corrected chi connectivity index (χ4v) is 10.3. The average Bonchev–Trinajstić information content (AvgIpc) is 2.38. The molecule has 4 aromatic carbocycles. The molecule has 2 amide bonds. The van der Waals surface area contributed by atoms with Crippen LogP contribution in [0.2, 0.25) is 0 Å². The number of rotatable bonds is 12. The van der Waals surface area contributed by atoms with Crippen molar-refractivity contribution in [3.63, 3.8) is 0 Å². The number of alkyl carbamates (subject to hydrolysis) is 2. The van der Waals surface area contributed by atoms with Crippen LogP contribution in [-0.2, 0) is 105 Å². The fourth-order valence-electron chi connectivity index (χ4n) is 9.39. The molecule has 4 aromatic rings. The molecule has 2 saturated heterocycles. The summed E-state index contributed by atoms with van der Waals surface area (Å²) >= 11 is 5.09. The second-order valence-electron chi connectivity index (χ2n) is 18.9. The predicted molar refractivity (Wildman–Crippen MR) is 290 cm³/mol. The number of aliphatic hydroxyl groups is 1. The number of fused-ring (bicyclic) bond motifs is 6. The van der Waals surface area contributed by atoms with Gasteiger partial charge in [-0.05, 0) is 70.2 Å². The summed E-state index contributed by atoms with van der Waals surface area (Å²) in [5, 5.41) is 13.7. The Balaban J connectivity index is 0.000000409. The summed E-state index contributed by atoms with van der Waals surface area (Å²) in [7, 11) is -3.93. The topological polar surface area (TPSA) is 297 Å². The Kier molecular flexibility index (Phi) is 33.3. The second kappa shape index (κ2) is 37.9. The Morgan fingerprint density at radius 2 is 0.917 bits per heavy atom. The Bertz CT molecular complexity index is 2780. The summed E-state index contributed by atoms with van der Waals surface area (Å²) in [5.74, 6) is 0.483. The maximum absolute atomic E-state index is 12.3. The Morgan fingerprint density at radius 3 is 1.26 bits per heavy atom. The van der Waals surface area contributed by atoms with E-state index in [2.05, 4.69) is 95.9 Å². The normalized spacial score (nSPS) is 22.1. The van der Waals surface area contributed by atoms with Crippen LogP contribution in [0, 0.1) is 23.7 Å². The number of esters is 2. The van der Waals surface area contributed by atoms with Gasteiger partial charge in [-0.25, -0.2) is 9.59 Å². The molecule has 465 valence electrons. The molecule has 2 aliphatic heterocycles. The van der Waals surface area contributed by atoms with Crippen LogP contribution in [0.15, 0.2) is 97.1 Å². The Morgan fingerprint density at radius 1 is 0.595 bits per heavy atom. The van der Waals surface area contributed by atoms with Crippen molar-refractivity contribution in [3.05, 3.63) is 119 Å². The van der Waals surface area contributed by atoms with Crippen LogP contribution >= 0.6 is 15.9 Å². The van der Waals surface area contributed by atoms with Crippen molar-refractivity contribution >= 4 is 63.1 Å². The van der Waals surface area contributed by atoms with Crippen LogP contribution in [0.4, 0.5) is 22.8 Å². The predicted octanol–water partition coefficient (Wildman–Crippen LogP) is 8.87. The van der Waals surface area contributed by atoms with Gasteiger partial charge in [0.2, 0.25) is 0 Å². The van der Waals surface area contributed by atoms with Crippen molar-refractivity contribution in [2.75, 3.05) is 39.5 Å². The summed E-state index contributed by atoms with van der Waals surface area (Å²) < 4.78 is 96.5. The molecule has 2 heterocycles. The minimum absolute atomic E-state index is 0.0134. The van der Waals surface area contributed by atoms with Gasteiger partial charge in [0.05, 0.1) is 25.4 Å². The average molecular weight is 1360 g/mol. The second-order valence-corrected chi connectivity index (χ2v) is 20.8.